The Morgan fingerprint density at radius 2 is 2.11 bits per heavy atom. The van der Waals surface area contributed by atoms with Crippen LogP contribution in [0.1, 0.15) is 17.3 Å². The minimum absolute atomic E-state index is 0.245. The first-order valence-corrected chi connectivity index (χ1v) is 6.95. The van der Waals surface area contributed by atoms with Crippen LogP contribution in [0.3, 0.4) is 0 Å². The predicted molar refractivity (Wildman–Crippen MR) is 73.8 cm³/mol. The topological polar surface area (TPSA) is 86.6 Å². The molecule has 5 nitrogen and oxygen atoms in total. The molecule has 1 atom stereocenters. The Kier molecular flexibility index (Phi) is 5.22. The van der Waals surface area contributed by atoms with E-state index in [1.54, 1.807) is 18.2 Å². The van der Waals surface area contributed by atoms with Gasteiger partial charge in [0, 0.05) is 4.90 Å². The largest absolute Gasteiger partial charge is 0.479 e. The third kappa shape index (κ3) is 4.12. The maximum Gasteiger partial charge on any atom is 0.337 e. The summed E-state index contributed by atoms with van der Waals surface area (Å²) in [6, 6.07) is 4.98. The molecule has 3 N–H and O–H groups in total. The molecule has 0 saturated heterocycles. The fraction of sp³-hybridized carbons (Fsp3) is 0.333. The first-order valence-electron chi connectivity index (χ1n) is 5.35. The van der Waals surface area contributed by atoms with Crippen LogP contribution in [0, 0.1) is 0 Å². The predicted octanol–water partition coefficient (Wildman–Crippen LogP) is 1.63. The van der Waals surface area contributed by atoms with Crippen LogP contribution in [-0.4, -0.2) is 40.5 Å². The number of aliphatic carboxylic acids is 1. The average Bonchev–Trinajstić information content (AvgIpc) is 2.36. The maximum absolute atomic E-state index is 11.9. The third-order valence-electron chi connectivity index (χ3n) is 2.47. The van der Waals surface area contributed by atoms with Crippen LogP contribution in [0.15, 0.2) is 23.1 Å². The lowest BCUT2D eigenvalue weighted by Crippen LogP contribution is -2.46. The van der Waals surface area contributed by atoms with Gasteiger partial charge >= 0.3 is 5.97 Å². The fourth-order valence-corrected chi connectivity index (χ4v) is 1.87. The van der Waals surface area contributed by atoms with Crippen molar-refractivity contribution < 1.29 is 19.8 Å². The fourth-order valence-electron chi connectivity index (χ4n) is 1.23. The number of nitrogens with one attached hydrogen (secondary N) is 1. The van der Waals surface area contributed by atoms with Crippen LogP contribution in [0.2, 0.25) is 5.02 Å². The summed E-state index contributed by atoms with van der Waals surface area (Å²) < 4.78 is 0. The first-order chi connectivity index (χ1) is 8.77. The monoisotopic (exact) mass is 303 g/mol. The van der Waals surface area contributed by atoms with Crippen molar-refractivity contribution in [1.29, 1.82) is 0 Å². The molecule has 1 rings (SSSR count). The number of amides is 1. The highest BCUT2D eigenvalue weighted by atomic mass is 35.5. The molecular weight excluding hydrogens is 290 g/mol. The molecule has 104 valence electrons. The molecule has 0 bridgehead atoms. The molecule has 0 aliphatic carbocycles. The summed E-state index contributed by atoms with van der Waals surface area (Å²) in [6.45, 7) is 0.705. The Balaban J connectivity index is 2.82. The van der Waals surface area contributed by atoms with Crippen molar-refractivity contribution in [1.82, 2.24) is 5.32 Å². The van der Waals surface area contributed by atoms with Gasteiger partial charge in [0.25, 0.3) is 5.91 Å². The van der Waals surface area contributed by atoms with Gasteiger partial charge in [0.2, 0.25) is 0 Å². The van der Waals surface area contributed by atoms with E-state index in [0.29, 0.717) is 0 Å². The van der Waals surface area contributed by atoms with Crippen molar-refractivity contribution in [2.75, 3.05) is 12.8 Å². The van der Waals surface area contributed by atoms with Crippen molar-refractivity contribution in [2.24, 2.45) is 0 Å². The average molecular weight is 304 g/mol. The Hall–Kier alpha value is -1.24. The molecule has 0 spiro atoms. The maximum atomic E-state index is 11.9. The summed E-state index contributed by atoms with van der Waals surface area (Å²) >= 11 is 7.37. The van der Waals surface area contributed by atoms with E-state index in [1.165, 1.54) is 11.8 Å². The van der Waals surface area contributed by atoms with Crippen molar-refractivity contribution >= 4 is 35.2 Å². The zero-order valence-electron chi connectivity index (χ0n) is 10.4. The molecule has 1 amide bonds. The molecule has 0 saturated carbocycles. The second-order valence-electron chi connectivity index (χ2n) is 4.11. The number of benzene rings is 1. The number of rotatable bonds is 5. The van der Waals surface area contributed by atoms with Crippen LogP contribution in [0.5, 0.6) is 0 Å². The van der Waals surface area contributed by atoms with Crippen LogP contribution in [0.4, 0.5) is 0 Å². The van der Waals surface area contributed by atoms with Gasteiger partial charge in [-0.1, -0.05) is 11.6 Å². The van der Waals surface area contributed by atoms with Gasteiger partial charge in [0.1, 0.15) is 0 Å². The summed E-state index contributed by atoms with van der Waals surface area (Å²) in [5.41, 5.74) is -1.77. The summed E-state index contributed by atoms with van der Waals surface area (Å²) in [5, 5.41) is 20.9. The molecule has 1 aromatic rings. The van der Waals surface area contributed by atoms with E-state index in [-0.39, 0.29) is 10.6 Å². The van der Waals surface area contributed by atoms with Gasteiger partial charge in [0.15, 0.2) is 5.60 Å². The highest BCUT2D eigenvalue weighted by Crippen LogP contribution is 2.23. The van der Waals surface area contributed by atoms with E-state index >= 15 is 0 Å². The van der Waals surface area contributed by atoms with Crippen molar-refractivity contribution in [3.63, 3.8) is 0 Å². The van der Waals surface area contributed by atoms with Crippen LogP contribution >= 0.6 is 23.4 Å². The van der Waals surface area contributed by atoms with Gasteiger partial charge in [0.05, 0.1) is 17.1 Å². The Morgan fingerprint density at radius 3 is 2.63 bits per heavy atom. The smallest absolute Gasteiger partial charge is 0.337 e. The van der Waals surface area contributed by atoms with Gasteiger partial charge in [-0.2, -0.15) is 0 Å². The summed E-state index contributed by atoms with van der Waals surface area (Å²) in [7, 11) is 0. The molecular formula is C12H14ClNO4S. The van der Waals surface area contributed by atoms with E-state index in [1.807, 2.05) is 6.26 Å². The van der Waals surface area contributed by atoms with Crippen LogP contribution in [-0.2, 0) is 4.79 Å². The number of carboxylic acid groups (broad SMARTS) is 1. The lowest BCUT2D eigenvalue weighted by molar-refractivity contribution is -0.155. The lowest BCUT2D eigenvalue weighted by Gasteiger charge is -2.18. The molecule has 1 unspecified atom stereocenters. The number of hydrogen-bond donors (Lipinski definition) is 3. The van der Waals surface area contributed by atoms with Crippen molar-refractivity contribution in [2.45, 2.75) is 17.4 Å². The van der Waals surface area contributed by atoms with Gasteiger partial charge in [-0.15, -0.1) is 11.8 Å². The van der Waals surface area contributed by atoms with Crippen molar-refractivity contribution in [3.05, 3.63) is 28.8 Å². The zero-order valence-corrected chi connectivity index (χ0v) is 12.0. The number of aliphatic hydroxyl groups is 1. The molecule has 0 fully saturated rings. The Bertz CT molecular complexity index is 505. The highest BCUT2D eigenvalue weighted by Gasteiger charge is 2.30. The lowest BCUT2D eigenvalue weighted by atomic mass is 10.1. The molecule has 0 aliphatic rings. The SMILES string of the molecule is CSc1ccc(Cl)c(C(=O)NCC(C)(O)C(=O)O)c1. The van der Waals surface area contributed by atoms with Gasteiger partial charge in [-0.05, 0) is 31.4 Å². The minimum atomic E-state index is -2.01. The molecule has 0 aliphatic heterocycles. The molecule has 1 aromatic carbocycles. The number of carbonyl (C=O) groups is 2. The van der Waals surface area contributed by atoms with Crippen molar-refractivity contribution in [3.8, 4) is 0 Å². The van der Waals surface area contributed by atoms with E-state index < -0.39 is 24.0 Å². The number of thioether (sulfide) groups is 1. The number of hydrogen-bond acceptors (Lipinski definition) is 4. The Labute approximate surface area is 120 Å². The molecule has 0 aromatic heterocycles. The molecule has 19 heavy (non-hydrogen) atoms. The summed E-state index contributed by atoms with van der Waals surface area (Å²) in [5.74, 6) is -1.93. The molecule has 7 heteroatoms. The minimum Gasteiger partial charge on any atom is -0.479 e. The third-order valence-corrected chi connectivity index (χ3v) is 3.53. The van der Waals surface area contributed by atoms with E-state index in [9.17, 15) is 14.7 Å². The van der Waals surface area contributed by atoms with E-state index in [0.717, 1.165) is 11.8 Å². The second-order valence-corrected chi connectivity index (χ2v) is 5.39. The molecule has 0 heterocycles. The molecule has 0 radical (unpaired) electrons. The van der Waals surface area contributed by atoms with Gasteiger partial charge in [-0.25, -0.2) is 4.79 Å². The van der Waals surface area contributed by atoms with Gasteiger partial charge < -0.3 is 15.5 Å². The Morgan fingerprint density at radius 1 is 1.47 bits per heavy atom. The summed E-state index contributed by atoms with van der Waals surface area (Å²) in [4.78, 5) is 23.5. The number of carboxylic acids is 1. The van der Waals surface area contributed by atoms with Crippen LogP contribution < -0.4 is 5.32 Å². The highest BCUT2D eigenvalue weighted by molar-refractivity contribution is 7.98. The normalized spacial score (nSPS) is 13.7. The second kappa shape index (κ2) is 6.27. The summed E-state index contributed by atoms with van der Waals surface area (Å²) in [6.07, 6.45) is 1.86. The van der Waals surface area contributed by atoms with E-state index in [2.05, 4.69) is 5.32 Å². The first kappa shape index (κ1) is 15.8. The van der Waals surface area contributed by atoms with Crippen LogP contribution in [0.25, 0.3) is 0 Å². The van der Waals surface area contributed by atoms with E-state index in [4.69, 9.17) is 16.7 Å². The quantitative estimate of drug-likeness (QED) is 0.720. The standard InChI is InChI=1S/C12H14ClNO4S/c1-12(18,11(16)17)6-14-10(15)8-5-7(19-2)3-4-9(8)13/h3-5,18H,6H2,1-2H3,(H,14,15)(H,16,17). The van der Waals surface area contributed by atoms with Gasteiger partial charge in [-0.3, -0.25) is 4.79 Å². The number of halogens is 1. The number of carbonyl (C=O) groups excluding carboxylic acids is 1. The zero-order chi connectivity index (χ0) is 14.6.